The van der Waals surface area contributed by atoms with Crippen molar-refractivity contribution in [2.45, 2.75) is 32.5 Å². The quantitative estimate of drug-likeness (QED) is 0.285. The lowest BCUT2D eigenvalue weighted by Gasteiger charge is -2.40. The SMILES string of the molecule is O=C(O)CC1CN(Cc2ccc(Cl)cc2Cl)C(=O)N(Cc2ccccc2C(=O)N(CCCO)Cc2ccccc2)C1. The molecule has 0 saturated carbocycles. The number of carboxylic acids is 1. The summed E-state index contributed by atoms with van der Waals surface area (Å²) < 4.78 is 0. The van der Waals surface area contributed by atoms with Crippen molar-refractivity contribution in [3.63, 3.8) is 0 Å². The Balaban J connectivity index is 1.58. The van der Waals surface area contributed by atoms with Crippen LogP contribution in [0.1, 0.15) is 39.9 Å². The summed E-state index contributed by atoms with van der Waals surface area (Å²) in [5, 5.41) is 19.8. The zero-order chi connectivity index (χ0) is 29.4. The number of aliphatic carboxylic acids is 1. The van der Waals surface area contributed by atoms with Gasteiger partial charge in [0.2, 0.25) is 0 Å². The van der Waals surface area contributed by atoms with Crippen molar-refractivity contribution in [2.24, 2.45) is 5.92 Å². The molecule has 1 aliphatic rings. The van der Waals surface area contributed by atoms with Crippen LogP contribution in [0.4, 0.5) is 4.79 Å². The van der Waals surface area contributed by atoms with E-state index < -0.39 is 5.97 Å². The topological polar surface area (TPSA) is 101 Å². The Morgan fingerprint density at radius 2 is 1.56 bits per heavy atom. The normalized spacial score (nSPS) is 15.2. The predicted molar refractivity (Wildman–Crippen MR) is 158 cm³/mol. The van der Waals surface area contributed by atoms with Crippen molar-refractivity contribution in [1.82, 2.24) is 14.7 Å². The molecule has 0 aliphatic carbocycles. The molecule has 1 heterocycles. The molecule has 0 spiro atoms. The van der Waals surface area contributed by atoms with Gasteiger partial charge in [0.05, 0.1) is 6.42 Å². The highest BCUT2D eigenvalue weighted by atomic mass is 35.5. The highest BCUT2D eigenvalue weighted by Crippen LogP contribution is 2.27. The molecule has 4 rings (SSSR count). The lowest BCUT2D eigenvalue weighted by Crippen LogP contribution is -2.53. The number of aliphatic hydroxyl groups excluding tert-OH is 1. The number of rotatable bonds is 12. The summed E-state index contributed by atoms with van der Waals surface area (Å²) in [5.41, 5.74) is 2.79. The Morgan fingerprint density at radius 1 is 0.902 bits per heavy atom. The number of urea groups is 1. The Labute approximate surface area is 249 Å². The van der Waals surface area contributed by atoms with E-state index in [2.05, 4.69) is 0 Å². The molecular weight excluding hydrogens is 565 g/mol. The van der Waals surface area contributed by atoms with Crippen LogP contribution in [0.5, 0.6) is 0 Å². The molecule has 3 aromatic carbocycles. The third-order valence-corrected chi connectivity index (χ3v) is 7.62. The van der Waals surface area contributed by atoms with E-state index >= 15 is 0 Å². The highest BCUT2D eigenvalue weighted by Gasteiger charge is 2.34. The van der Waals surface area contributed by atoms with E-state index in [-0.39, 0.29) is 57.1 Å². The van der Waals surface area contributed by atoms with Crippen molar-refractivity contribution in [1.29, 1.82) is 0 Å². The minimum absolute atomic E-state index is 0.0407. The Bertz CT molecular complexity index is 1370. The van der Waals surface area contributed by atoms with Crippen molar-refractivity contribution < 1.29 is 24.6 Å². The van der Waals surface area contributed by atoms with Gasteiger partial charge >= 0.3 is 12.0 Å². The summed E-state index contributed by atoms with van der Waals surface area (Å²) in [6.07, 6.45) is 0.339. The lowest BCUT2D eigenvalue weighted by molar-refractivity contribution is -0.138. The summed E-state index contributed by atoms with van der Waals surface area (Å²) in [4.78, 5) is 44.0. The molecule has 1 aliphatic heterocycles. The van der Waals surface area contributed by atoms with Crippen LogP contribution in [0, 0.1) is 5.92 Å². The van der Waals surface area contributed by atoms with Gasteiger partial charge in [0.25, 0.3) is 5.91 Å². The summed E-state index contributed by atoms with van der Waals surface area (Å²) in [7, 11) is 0. The molecule has 2 N–H and O–H groups in total. The van der Waals surface area contributed by atoms with Gasteiger partial charge in [-0.1, -0.05) is 77.8 Å². The number of benzene rings is 3. The van der Waals surface area contributed by atoms with Crippen LogP contribution in [-0.2, 0) is 24.4 Å². The number of amides is 3. The summed E-state index contributed by atoms with van der Waals surface area (Å²) in [6.45, 7) is 1.57. The van der Waals surface area contributed by atoms with Gasteiger partial charge in [0.1, 0.15) is 0 Å². The predicted octanol–water partition coefficient (Wildman–Crippen LogP) is 5.55. The highest BCUT2D eigenvalue weighted by molar-refractivity contribution is 6.35. The molecule has 1 fully saturated rings. The number of hydrogen-bond donors (Lipinski definition) is 2. The van der Waals surface area contributed by atoms with Crippen LogP contribution >= 0.6 is 23.2 Å². The maximum atomic E-state index is 13.8. The van der Waals surface area contributed by atoms with Gasteiger partial charge in [-0.05, 0) is 41.3 Å². The van der Waals surface area contributed by atoms with E-state index in [1.165, 1.54) is 0 Å². The zero-order valence-corrected chi connectivity index (χ0v) is 24.1. The van der Waals surface area contributed by atoms with E-state index in [9.17, 15) is 24.6 Å². The maximum absolute atomic E-state index is 13.8. The number of carbonyl (C=O) groups excluding carboxylic acids is 2. The molecule has 1 unspecified atom stereocenters. The second-order valence-electron chi connectivity index (χ2n) is 10.2. The van der Waals surface area contributed by atoms with E-state index in [0.29, 0.717) is 46.2 Å². The van der Waals surface area contributed by atoms with Crippen molar-refractivity contribution in [3.8, 4) is 0 Å². The third kappa shape index (κ3) is 8.22. The Hall–Kier alpha value is -3.59. The molecular formula is C31H33Cl2N3O5. The van der Waals surface area contributed by atoms with Gasteiger partial charge in [0.15, 0.2) is 0 Å². The fourth-order valence-electron chi connectivity index (χ4n) is 5.09. The van der Waals surface area contributed by atoms with Crippen LogP contribution in [-0.4, -0.2) is 69.1 Å². The molecule has 0 aromatic heterocycles. The number of hydrogen-bond acceptors (Lipinski definition) is 4. The van der Waals surface area contributed by atoms with Gasteiger partial charge in [0, 0.05) is 67.4 Å². The second kappa shape index (κ2) is 14.3. The molecule has 10 heteroatoms. The van der Waals surface area contributed by atoms with Gasteiger partial charge in [-0.3, -0.25) is 9.59 Å². The molecule has 216 valence electrons. The monoisotopic (exact) mass is 597 g/mol. The molecule has 3 aromatic rings. The fraction of sp³-hybridized carbons (Fsp3) is 0.323. The molecule has 3 amide bonds. The van der Waals surface area contributed by atoms with Crippen molar-refractivity contribution in [3.05, 3.63) is 105 Å². The lowest BCUT2D eigenvalue weighted by atomic mass is 9.99. The number of halogens is 2. The average molecular weight is 599 g/mol. The second-order valence-corrected chi connectivity index (χ2v) is 11.0. The maximum Gasteiger partial charge on any atom is 0.320 e. The van der Waals surface area contributed by atoms with Crippen molar-refractivity contribution in [2.75, 3.05) is 26.2 Å². The summed E-state index contributed by atoms with van der Waals surface area (Å²) in [5.74, 6) is -1.45. The molecule has 0 bridgehead atoms. The van der Waals surface area contributed by atoms with Crippen LogP contribution in [0.15, 0.2) is 72.8 Å². The number of carboxylic acid groups (broad SMARTS) is 1. The molecule has 8 nitrogen and oxygen atoms in total. The van der Waals surface area contributed by atoms with Crippen molar-refractivity contribution >= 4 is 41.1 Å². The minimum Gasteiger partial charge on any atom is -0.481 e. The number of nitrogens with zero attached hydrogens (tertiary/aromatic N) is 3. The van der Waals surface area contributed by atoms with Gasteiger partial charge in [-0.25, -0.2) is 4.79 Å². The molecule has 0 radical (unpaired) electrons. The molecule has 41 heavy (non-hydrogen) atoms. The third-order valence-electron chi connectivity index (χ3n) is 7.04. The van der Waals surface area contributed by atoms with Gasteiger partial charge < -0.3 is 24.9 Å². The molecule has 1 atom stereocenters. The van der Waals surface area contributed by atoms with Gasteiger partial charge in [-0.15, -0.1) is 0 Å². The van der Waals surface area contributed by atoms with E-state index in [1.807, 2.05) is 42.5 Å². The number of aliphatic hydroxyl groups is 1. The molecule has 1 saturated heterocycles. The van der Waals surface area contributed by atoms with Crippen LogP contribution in [0.3, 0.4) is 0 Å². The van der Waals surface area contributed by atoms with Crippen LogP contribution < -0.4 is 0 Å². The first-order valence-electron chi connectivity index (χ1n) is 13.5. The standard InChI is InChI=1S/C31H33Cl2N3O5/c32-26-12-11-25(28(33)16-26)21-36-19-23(15-29(38)39)18-35(31(36)41)20-24-9-4-5-10-27(24)30(40)34(13-6-14-37)17-22-7-2-1-3-8-22/h1-5,7-12,16,23,37H,6,13-15,17-21H2,(H,38,39). The smallest absolute Gasteiger partial charge is 0.320 e. The number of carbonyl (C=O) groups is 3. The summed E-state index contributed by atoms with van der Waals surface area (Å²) in [6, 6.07) is 21.6. The van der Waals surface area contributed by atoms with Crippen LogP contribution in [0.2, 0.25) is 10.0 Å². The Morgan fingerprint density at radius 3 is 2.22 bits per heavy atom. The first-order chi connectivity index (χ1) is 19.7. The fourth-order valence-corrected chi connectivity index (χ4v) is 5.56. The minimum atomic E-state index is -0.940. The average Bonchev–Trinajstić information content (AvgIpc) is 2.95. The largest absolute Gasteiger partial charge is 0.481 e. The zero-order valence-electron chi connectivity index (χ0n) is 22.6. The van der Waals surface area contributed by atoms with E-state index in [0.717, 1.165) is 5.56 Å². The Kier molecular flexibility index (Phi) is 10.6. The summed E-state index contributed by atoms with van der Waals surface area (Å²) >= 11 is 12.4. The van der Waals surface area contributed by atoms with Gasteiger partial charge in [-0.2, -0.15) is 0 Å². The van der Waals surface area contributed by atoms with E-state index in [4.69, 9.17) is 23.2 Å². The van der Waals surface area contributed by atoms with Crippen LogP contribution in [0.25, 0.3) is 0 Å². The first-order valence-corrected chi connectivity index (χ1v) is 14.2. The first kappa shape index (κ1) is 30.4. The van der Waals surface area contributed by atoms with E-state index in [1.54, 1.807) is 45.0 Å².